The number of carbonyl (C=O) groups is 1. The van der Waals surface area contributed by atoms with Crippen LogP contribution in [0.2, 0.25) is 0 Å². The summed E-state index contributed by atoms with van der Waals surface area (Å²) in [6.45, 7) is 4.91. The molecule has 6 heteroatoms. The normalized spacial score (nSPS) is 10.5. The fourth-order valence-electron chi connectivity index (χ4n) is 2.43. The number of carbonyl (C=O) groups excluding carboxylic acids is 1. The first kappa shape index (κ1) is 20.2. The minimum Gasteiger partial charge on any atom is -0.497 e. The Balaban J connectivity index is 2.13. The number of methoxy groups -OCH3 is 2. The maximum atomic E-state index is 12.3. The van der Waals surface area contributed by atoms with Gasteiger partial charge in [0.15, 0.2) is 11.5 Å². The molecular formula is C21H25NO5. The van der Waals surface area contributed by atoms with Crippen LogP contribution < -0.4 is 24.3 Å². The van der Waals surface area contributed by atoms with E-state index in [1.54, 1.807) is 38.5 Å². The molecule has 0 spiro atoms. The van der Waals surface area contributed by atoms with Gasteiger partial charge in [-0.25, -0.2) is 0 Å². The molecule has 1 N–H and O–H groups in total. The van der Waals surface area contributed by atoms with E-state index in [9.17, 15) is 4.79 Å². The summed E-state index contributed by atoms with van der Waals surface area (Å²) in [6, 6.07) is 10.7. The van der Waals surface area contributed by atoms with Gasteiger partial charge < -0.3 is 24.3 Å². The summed E-state index contributed by atoms with van der Waals surface area (Å²) in [4.78, 5) is 12.3. The van der Waals surface area contributed by atoms with Gasteiger partial charge in [-0.3, -0.25) is 4.79 Å². The predicted molar refractivity (Wildman–Crippen MR) is 106 cm³/mol. The molecule has 2 aromatic rings. The Morgan fingerprint density at radius 1 is 0.926 bits per heavy atom. The van der Waals surface area contributed by atoms with Gasteiger partial charge in [0.1, 0.15) is 11.5 Å². The van der Waals surface area contributed by atoms with Crippen LogP contribution in [-0.2, 0) is 4.79 Å². The Morgan fingerprint density at radius 3 is 2.30 bits per heavy atom. The van der Waals surface area contributed by atoms with E-state index in [-0.39, 0.29) is 5.91 Å². The average molecular weight is 371 g/mol. The Hall–Kier alpha value is -3.15. The van der Waals surface area contributed by atoms with Crippen molar-refractivity contribution >= 4 is 17.7 Å². The summed E-state index contributed by atoms with van der Waals surface area (Å²) in [5.74, 6) is 2.23. The van der Waals surface area contributed by atoms with Crippen molar-refractivity contribution in [1.29, 1.82) is 0 Å². The topological polar surface area (TPSA) is 66.0 Å². The van der Waals surface area contributed by atoms with E-state index in [4.69, 9.17) is 18.9 Å². The highest BCUT2D eigenvalue weighted by molar-refractivity contribution is 6.02. The Labute approximate surface area is 159 Å². The van der Waals surface area contributed by atoms with Crippen molar-refractivity contribution in [2.45, 2.75) is 13.8 Å². The molecule has 6 nitrogen and oxygen atoms in total. The zero-order chi connectivity index (χ0) is 19.6. The number of nitrogens with one attached hydrogen (secondary N) is 1. The van der Waals surface area contributed by atoms with Crippen LogP contribution in [0, 0.1) is 0 Å². The van der Waals surface area contributed by atoms with E-state index in [0.717, 1.165) is 5.56 Å². The zero-order valence-electron chi connectivity index (χ0n) is 16.1. The summed E-state index contributed by atoms with van der Waals surface area (Å²) < 4.78 is 21.6. The van der Waals surface area contributed by atoms with Crippen molar-refractivity contribution in [3.63, 3.8) is 0 Å². The molecule has 0 unspecified atom stereocenters. The van der Waals surface area contributed by atoms with Gasteiger partial charge >= 0.3 is 0 Å². The molecular weight excluding hydrogens is 346 g/mol. The van der Waals surface area contributed by atoms with E-state index in [1.165, 1.54) is 6.08 Å². The third kappa shape index (κ3) is 5.67. The van der Waals surface area contributed by atoms with Crippen molar-refractivity contribution < 1.29 is 23.7 Å². The van der Waals surface area contributed by atoms with Crippen LogP contribution in [0.4, 0.5) is 5.69 Å². The van der Waals surface area contributed by atoms with Crippen LogP contribution in [0.25, 0.3) is 6.08 Å². The molecule has 0 aliphatic heterocycles. The Bertz CT molecular complexity index is 801. The molecule has 0 atom stereocenters. The molecule has 144 valence electrons. The second kappa shape index (κ2) is 10.1. The molecule has 0 saturated heterocycles. The van der Waals surface area contributed by atoms with E-state index >= 15 is 0 Å². The largest absolute Gasteiger partial charge is 0.497 e. The van der Waals surface area contributed by atoms with Crippen molar-refractivity contribution in [3.05, 3.63) is 48.0 Å². The molecule has 2 aromatic carbocycles. The Kier molecular flexibility index (Phi) is 7.55. The van der Waals surface area contributed by atoms with Gasteiger partial charge in [-0.05, 0) is 49.8 Å². The van der Waals surface area contributed by atoms with Gasteiger partial charge in [0.25, 0.3) is 0 Å². The van der Waals surface area contributed by atoms with Gasteiger partial charge in [-0.1, -0.05) is 6.07 Å². The molecule has 0 fully saturated rings. The summed E-state index contributed by atoms with van der Waals surface area (Å²) in [5, 5.41) is 2.79. The van der Waals surface area contributed by atoms with E-state index in [0.29, 0.717) is 41.9 Å². The number of benzene rings is 2. The molecule has 0 saturated carbocycles. The van der Waals surface area contributed by atoms with Gasteiger partial charge in [-0.15, -0.1) is 0 Å². The van der Waals surface area contributed by atoms with Crippen LogP contribution >= 0.6 is 0 Å². The fraction of sp³-hybridized carbons (Fsp3) is 0.286. The molecule has 0 bridgehead atoms. The first-order valence-corrected chi connectivity index (χ1v) is 8.72. The highest BCUT2D eigenvalue weighted by Crippen LogP contribution is 2.30. The number of anilines is 1. The van der Waals surface area contributed by atoms with Crippen molar-refractivity contribution in [1.82, 2.24) is 0 Å². The molecule has 0 heterocycles. The van der Waals surface area contributed by atoms with Crippen LogP contribution in [0.5, 0.6) is 23.0 Å². The van der Waals surface area contributed by atoms with Gasteiger partial charge in [0.05, 0.1) is 33.1 Å². The number of ether oxygens (including phenoxy) is 4. The molecule has 0 aliphatic rings. The van der Waals surface area contributed by atoms with Gasteiger partial charge in [0, 0.05) is 12.1 Å². The van der Waals surface area contributed by atoms with Gasteiger partial charge in [-0.2, -0.15) is 0 Å². The first-order valence-electron chi connectivity index (χ1n) is 8.72. The van der Waals surface area contributed by atoms with E-state index in [1.807, 2.05) is 32.0 Å². The smallest absolute Gasteiger partial charge is 0.248 e. The molecule has 27 heavy (non-hydrogen) atoms. The zero-order valence-corrected chi connectivity index (χ0v) is 16.1. The molecule has 0 aromatic heterocycles. The SMILES string of the molecule is CCOc1ccc(/C=C/C(=O)Nc2cc(OC)ccc2OC)cc1OCC. The maximum absolute atomic E-state index is 12.3. The number of hydrogen-bond donors (Lipinski definition) is 1. The van der Waals surface area contributed by atoms with Crippen LogP contribution in [0.15, 0.2) is 42.5 Å². The molecule has 1 amide bonds. The monoisotopic (exact) mass is 371 g/mol. The molecule has 0 aliphatic carbocycles. The van der Waals surface area contributed by atoms with Crippen LogP contribution in [0.3, 0.4) is 0 Å². The van der Waals surface area contributed by atoms with Crippen molar-refractivity contribution in [3.8, 4) is 23.0 Å². The highest BCUT2D eigenvalue weighted by Gasteiger charge is 2.08. The fourth-order valence-corrected chi connectivity index (χ4v) is 2.43. The second-order valence-corrected chi connectivity index (χ2v) is 5.46. The number of rotatable bonds is 9. The second-order valence-electron chi connectivity index (χ2n) is 5.46. The summed E-state index contributed by atoms with van der Waals surface area (Å²) in [5.41, 5.74) is 1.36. The molecule has 2 rings (SSSR count). The van der Waals surface area contributed by atoms with E-state index in [2.05, 4.69) is 5.32 Å². The summed E-state index contributed by atoms with van der Waals surface area (Å²) in [6.07, 6.45) is 3.16. The molecule has 0 radical (unpaired) electrons. The minimum absolute atomic E-state index is 0.284. The lowest BCUT2D eigenvalue weighted by Gasteiger charge is -2.11. The summed E-state index contributed by atoms with van der Waals surface area (Å²) >= 11 is 0. The van der Waals surface area contributed by atoms with Crippen molar-refractivity contribution in [2.75, 3.05) is 32.8 Å². The first-order chi connectivity index (χ1) is 13.1. The van der Waals surface area contributed by atoms with E-state index < -0.39 is 0 Å². The van der Waals surface area contributed by atoms with Crippen LogP contribution in [0.1, 0.15) is 19.4 Å². The number of amides is 1. The predicted octanol–water partition coefficient (Wildman–Crippen LogP) is 4.15. The average Bonchev–Trinajstić information content (AvgIpc) is 2.68. The van der Waals surface area contributed by atoms with Crippen LogP contribution in [-0.4, -0.2) is 33.3 Å². The minimum atomic E-state index is -0.284. The quantitative estimate of drug-likeness (QED) is 0.671. The van der Waals surface area contributed by atoms with Gasteiger partial charge in [0.2, 0.25) is 5.91 Å². The maximum Gasteiger partial charge on any atom is 0.248 e. The highest BCUT2D eigenvalue weighted by atomic mass is 16.5. The third-order valence-corrected chi connectivity index (χ3v) is 3.66. The lowest BCUT2D eigenvalue weighted by atomic mass is 10.2. The lowest BCUT2D eigenvalue weighted by molar-refractivity contribution is -0.111. The Morgan fingerprint density at radius 2 is 1.63 bits per heavy atom. The standard InChI is InChI=1S/C21H25NO5/c1-5-26-19-10-7-15(13-20(19)27-6-2)8-12-21(23)22-17-14-16(24-3)9-11-18(17)25-4/h7-14H,5-6H2,1-4H3,(H,22,23)/b12-8+. The lowest BCUT2D eigenvalue weighted by Crippen LogP contribution is -2.09. The third-order valence-electron chi connectivity index (χ3n) is 3.66. The number of hydrogen-bond acceptors (Lipinski definition) is 5. The summed E-state index contributed by atoms with van der Waals surface area (Å²) in [7, 11) is 3.11. The van der Waals surface area contributed by atoms with Crippen molar-refractivity contribution in [2.24, 2.45) is 0 Å².